The lowest BCUT2D eigenvalue weighted by atomic mass is 10.0. The Hall–Kier alpha value is -3.23. The van der Waals surface area contributed by atoms with E-state index in [4.69, 9.17) is 5.11 Å². The van der Waals surface area contributed by atoms with E-state index in [0.717, 1.165) is 12.1 Å². The largest absolute Gasteiger partial charge is 0.478 e. The van der Waals surface area contributed by atoms with Crippen molar-refractivity contribution in [2.75, 3.05) is 11.4 Å². The average molecular weight is 357 g/mol. The van der Waals surface area contributed by atoms with Crippen molar-refractivity contribution in [3.63, 3.8) is 0 Å². The molecule has 0 spiro atoms. The normalized spacial score (nSPS) is 17.2. The Balaban J connectivity index is 1.76. The number of aromatic carboxylic acids is 1. The number of piperidine rings is 1. The average Bonchev–Trinajstić information content (AvgIpc) is 2.95. The van der Waals surface area contributed by atoms with E-state index in [-0.39, 0.29) is 17.2 Å². The van der Waals surface area contributed by atoms with E-state index in [1.165, 1.54) is 18.3 Å². The number of rotatable bonds is 4. The summed E-state index contributed by atoms with van der Waals surface area (Å²) < 4.78 is 1.63. The molecule has 2 aromatic rings. The van der Waals surface area contributed by atoms with Gasteiger partial charge in [0.2, 0.25) is 0 Å². The highest BCUT2D eigenvalue weighted by Crippen LogP contribution is 2.21. The fourth-order valence-electron chi connectivity index (χ4n) is 3.01. The first-order valence-electron chi connectivity index (χ1n) is 8.19. The van der Waals surface area contributed by atoms with Crippen LogP contribution >= 0.6 is 0 Å². The minimum Gasteiger partial charge on any atom is -0.478 e. The van der Waals surface area contributed by atoms with Gasteiger partial charge in [-0.2, -0.15) is 5.10 Å². The topological polar surface area (TPSA) is 117 Å². The fourth-order valence-corrected chi connectivity index (χ4v) is 3.01. The van der Waals surface area contributed by atoms with Crippen molar-refractivity contribution in [1.29, 1.82) is 0 Å². The number of aromatic nitrogens is 3. The predicted octanol–water partition coefficient (Wildman–Crippen LogP) is 0.747. The van der Waals surface area contributed by atoms with Crippen LogP contribution in [0, 0.1) is 6.92 Å². The molecule has 136 valence electrons. The maximum atomic E-state index is 12.8. The van der Waals surface area contributed by atoms with Crippen molar-refractivity contribution in [1.82, 2.24) is 20.1 Å². The van der Waals surface area contributed by atoms with Crippen molar-refractivity contribution in [3.8, 4) is 0 Å². The number of amides is 2. The van der Waals surface area contributed by atoms with E-state index >= 15 is 0 Å². The number of pyridine rings is 1. The molecule has 1 saturated heterocycles. The number of anilines is 1. The SMILES string of the molecule is Cc1cc(N2CCCC(NC(=O)c3cc(C(=O)O)ccn3)C2=O)n(C)n1. The summed E-state index contributed by atoms with van der Waals surface area (Å²) in [7, 11) is 1.76. The minimum atomic E-state index is -1.15. The summed E-state index contributed by atoms with van der Waals surface area (Å²) >= 11 is 0. The molecule has 26 heavy (non-hydrogen) atoms. The number of carboxylic acids is 1. The number of nitrogens with one attached hydrogen (secondary N) is 1. The minimum absolute atomic E-state index is 0.0351. The molecule has 0 aromatic carbocycles. The lowest BCUT2D eigenvalue weighted by Gasteiger charge is -2.32. The summed E-state index contributed by atoms with van der Waals surface area (Å²) in [5, 5.41) is 15.9. The van der Waals surface area contributed by atoms with E-state index in [0.29, 0.717) is 18.8 Å². The zero-order chi connectivity index (χ0) is 18.8. The number of carboxylic acid groups (broad SMARTS) is 1. The summed E-state index contributed by atoms with van der Waals surface area (Å²) in [4.78, 5) is 41.7. The third kappa shape index (κ3) is 3.41. The molecule has 0 saturated carbocycles. The molecular weight excluding hydrogens is 338 g/mol. The van der Waals surface area contributed by atoms with E-state index in [1.54, 1.807) is 16.6 Å². The van der Waals surface area contributed by atoms with E-state index in [9.17, 15) is 14.4 Å². The molecule has 1 aliphatic heterocycles. The molecule has 9 heteroatoms. The second-order valence-corrected chi connectivity index (χ2v) is 6.16. The second-order valence-electron chi connectivity index (χ2n) is 6.16. The van der Waals surface area contributed by atoms with E-state index in [2.05, 4.69) is 15.4 Å². The Labute approximate surface area is 149 Å². The van der Waals surface area contributed by atoms with Crippen LogP contribution in [0.25, 0.3) is 0 Å². The zero-order valence-corrected chi connectivity index (χ0v) is 14.5. The molecule has 0 radical (unpaired) electrons. The molecule has 1 aliphatic rings. The van der Waals surface area contributed by atoms with Crippen molar-refractivity contribution in [3.05, 3.63) is 41.3 Å². The molecule has 3 rings (SSSR count). The standard InChI is InChI=1S/C17H19N5O4/c1-10-8-14(21(2)20-10)22-7-3-4-12(16(22)24)19-15(23)13-9-11(17(25)26)5-6-18-13/h5-6,8-9,12H,3-4,7H2,1-2H3,(H,19,23)(H,25,26). The number of aryl methyl sites for hydroxylation is 2. The molecule has 2 amide bonds. The first-order chi connectivity index (χ1) is 12.4. The summed E-state index contributed by atoms with van der Waals surface area (Å²) in [5.41, 5.74) is 0.731. The summed E-state index contributed by atoms with van der Waals surface area (Å²) in [6.45, 7) is 2.40. The highest BCUT2D eigenvalue weighted by Gasteiger charge is 2.32. The highest BCUT2D eigenvalue weighted by atomic mass is 16.4. The second kappa shape index (κ2) is 6.95. The van der Waals surface area contributed by atoms with Crippen LogP contribution in [0.15, 0.2) is 24.4 Å². The van der Waals surface area contributed by atoms with Crippen molar-refractivity contribution in [2.45, 2.75) is 25.8 Å². The summed E-state index contributed by atoms with van der Waals surface area (Å²) in [6.07, 6.45) is 2.49. The number of hydrogen-bond donors (Lipinski definition) is 2. The Bertz CT molecular complexity index is 876. The van der Waals surface area contributed by atoms with Gasteiger partial charge in [0.25, 0.3) is 11.8 Å². The Kier molecular flexibility index (Phi) is 4.70. The predicted molar refractivity (Wildman–Crippen MR) is 92.0 cm³/mol. The van der Waals surface area contributed by atoms with Crippen LogP contribution in [0.4, 0.5) is 5.82 Å². The van der Waals surface area contributed by atoms with Crippen LogP contribution in [0.2, 0.25) is 0 Å². The smallest absolute Gasteiger partial charge is 0.335 e. The molecule has 1 fully saturated rings. The molecule has 2 N–H and O–H groups in total. The van der Waals surface area contributed by atoms with Gasteiger partial charge in [-0.15, -0.1) is 0 Å². The van der Waals surface area contributed by atoms with Crippen molar-refractivity contribution in [2.24, 2.45) is 7.05 Å². The van der Waals surface area contributed by atoms with Crippen LogP contribution in [-0.4, -0.2) is 50.2 Å². The van der Waals surface area contributed by atoms with Gasteiger partial charge in [-0.3, -0.25) is 24.2 Å². The van der Waals surface area contributed by atoms with Crippen molar-refractivity contribution < 1.29 is 19.5 Å². The van der Waals surface area contributed by atoms with Crippen molar-refractivity contribution >= 4 is 23.6 Å². The molecule has 0 bridgehead atoms. The van der Waals surface area contributed by atoms with Gasteiger partial charge >= 0.3 is 5.97 Å². The lowest BCUT2D eigenvalue weighted by Crippen LogP contribution is -2.53. The number of hydrogen-bond acceptors (Lipinski definition) is 5. The quantitative estimate of drug-likeness (QED) is 0.834. The first-order valence-corrected chi connectivity index (χ1v) is 8.19. The van der Waals surface area contributed by atoms with Gasteiger partial charge in [0, 0.05) is 25.9 Å². The monoisotopic (exact) mass is 357 g/mol. The third-order valence-electron chi connectivity index (χ3n) is 4.24. The van der Waals surface area contributed by atoms with Crippen LogP contribution in [0.3, 0.4) is 0 Å². The number of nitrogens with zero attached hydrogens (tertiary/aromatic N) is 4. The number of carbonyl (C=O) groups is 3. The van der Waals surface area contributed by atoms with Crippen LogP contribution in [0.1, 0.15) is 39.4 Å². The summed E-state index contributed by atoms with van der Waals surface area (Å²) in [5.74, 6) is -1.26. The van der Waals surface area contributed by atoms with Gasteiger partial charge in [-0.1, -0.05) is 0 Å². The van der Waals surface area contributed by atoms with Crippen LogP contribution < -0.4 is 10.2 Å². The highest BCUT2D eigenvalue weighted by molar-refractivity contribution is 6.02. The Morgan fingerprint density at radius 3 is 2.77 bits per heavy atom. The van der Waals surface area contributed by atoms with Crippen LogP contribution in [0.5, 0.6) is 0 Å². The number of carbonyl (C=O) groups excluding carboxylic acids is 2. The van der Waals surface area contributed by atoms with Gasteiger partial charge < -0.3 is 10.4 Å². The van der Waals surface area contributed by atoms with Gasteiger partial charge in [-0.25, -0.2) is 4.79 Å². The molecule has 1 atom stereocenters. The maximum absolute atomic E-state index is 12.8. The van der Waals surface area contributed by atoms with Gasteiger partial charge in [0.05, 0.1) is 11.3 Å². The Morgan fingerprint density at radius 1 is 1.35 bits per heavy atom. The Morgan fingerprint density at radius 2 is 2.12 bits per heavy atom. The third-order valence-corrected chi connectivity index (χ3v) is 4.24. The molecule has 2 aromatic heterocycles. The van der Waals surface area contributed by atoms with Gasteiger partial charge in [0.15, 0.2) is 0 Å². The lowest BCUT2D eigenvalue weighted by molar-refractivity contribution is -0.121. The van der Waals surface area contributed by atoms with E-state index < -0.39 is 17.9 Å². The van der Waals surface area contributed by atoms with Gasteiger partial charge in [-0.05, 0) is 31.9 Å². The maximum Gasteiger partial charge on any atom is 0.335 e. The van der Waals surface area contributed by atoms with E-state index in [1.807, 2.05) is 13.0 Å². The summed E-state index contributed by atoms with van der Waals surface area (Å²) in [6, 6.07) is 3.62. The molecule has 1 unspecified atom stereocenters. The molecular formula is C17H19N5O4. The van der Waals surface area contributed by atoms with Gasteiger partial charge in [0.1, 0.15) is 17.6 Å². The fraction of sp³-hybridized carbons (Fsp3) is 0.353. The first kappa shape index (κ1) is 17.6. The zero-order valence-electron chi connectivity index (χ0n) is 14.5. The molecule has 0 aliphatic carbocycles. The van der Waals surface area contributed by atoms with Crippen LogP contribution in [-0.2, 0) is 11.8 Å². The molecule has 9 nitrogen and oxygen atoms in total. The molecule has 3 heterocycles.